The van der Waals surface area contributed by atoms with E-state index < -0.39 is 12.1 Å². The fraction of sp³-hybridized carbons (Fsp3) is 0.458. The van der Waals surface area contributed by atoms with Crippen molar-refractivity contribution in [3.63, 3.8) is 0 Å². The monoisotopic (exact) mass is 424 g/mol. The summed E-state index contributed by atoms with van der Waals surface area (Å²) in [5, 5.41) is 10.6. The Labute approximate surface area is 182 Å². The van der Waals surface area contributed by atoms with Crippen LogP contribution in [-0.2, 0) is 16.0 Å². The molecule has 2 heterocycles. The highest BCUT2D eigenvalue weighted by Gasteiger charge is 2.43. The topological polar surface area (TPSA) is 89.0 Å². The van der Waals surface area contributed by atoms with E-state index in [0.29, 0.717) is 61.9 Å². The van der Waals surface area contributed by atoms with Crippen LogP contribution in [0, 0.1) is 11.8 Å². The van der Waals surface area contributed by atoms with E-state index in [-0.39, 0.29) is 12.0 Å². The number of likely N-dealkylation sites (tertiary alicyclic amines) is 1. The number of carbonyl (C=O) groups excluding carboxylic acids is 2. The number of pyridine rings is 1. The standard InChI is InChI=1S/C24H28N2O5/c1-30-24(29)17-3-5-20(6-4-17)31-22-13-19-15-26(14-18(19)12-21(22)27)23(28)7-2-16-8-10-25-11-9-16/h3-6,8-11,18-19,21-22,27H,2,7,12-15H2,1H3/t18-,19+,21-,22-/m0/s1. The first-order chi connectivity index (χ1) is 15.0. The average molecular weight is 424 g/mol. The number of hydrogen-bond acceptors (Lipinski definition) is 6. The summed E-state index contributed by atoms with van der Waals surface area (Å²) in [6.07, 6.45) is 5.12. The number of carbonyl (C=O) groups is 2. The third kappa shape index (κ3) is 5.05. The molecule has 7 heteroatoms. The lowest BCUT2D eigenvalue weighted by atomic mass is 9.78. The van der Waals surface area contributed by atoms with Crippen LogP contribution in [-0.4, -0.2) is 59.3 Å². The number of fused-ring (bicyclic) bond motifs is 1. The number of hydrogen-bond donors (Lipinski definition) is 1. The minimum atomic E-state index is -0.576. The second-order valence-electron chi connectivity index (χ2n) is 8.39. The van der Waals surface area contributed by atoms with Crippen molar-refractivity contribution in [2.75, 3.05) is 20.2 Å². The number of aliphatic hydroxyl groups excluding tert-OH is 1. The summed E-state index contributed by atoms with van der Waals surface area (Å²) in [6, 6.07) is 10.6. The number of aromatic nitrogens is 1. The van der Waals surface area contributed by atoms with Crippen molar-refractivity contribution < 1.29 is 24.2 Å². The quantitative estimate of drug-likeness (QED) is 0.717. The van der Waals surface area contributed by atoms with Crippen molar-refractivity contribution in [2.24, 2.45) is 11.8 Å². The number of esters is 1. The van der Waals surface area contributed by atoms with Gasteiger partial charge in [0.05, 0.1) is 18.8 Å². The third-order valence-corrected chi connectivity index (χ3v) is 6.38. The zero-order valence-electron chi connectivity index (χ0n) is 17.6. The molecule has 7 nitrogen and oxygen atoms in total. The Morgan fingerprint density at radius 3 is 2.42 bits per heavy atom. The Hall–Kier alpha value is -2.93. The molecule has 1 N–H and O–H groups in total. The number of aliphatic hydroxyl groups is 1. The molecule has 31 heavy (non-hydrogen) atoms. The van der Waals surface area contributed by atoms with Gasteiger partial charge in [-0.3, -0.25) is 9.78 Å². The normalized spacial score (nSPS) is 25.0. The summed E-state index contributed by atoms with van der Waals surface area (Å²) in [7, 11) is 1.34. The van der Waals surface area contributed by atoms with Crippen LogP contribution >= 0.6 is 0 Å². The first-order valence-corrected chi connectivity index (χ1v) is 10.7. The van der Waals surface area contributed by atoms with Crippen molar-refractivity contribution in [3.05, 3.63) is 59.9 Å². The summed E-state index contributed by atoms with van der Waals surface area (Å²) in [5.74, 6) is 1.01. The van der Waals surface area contributed by atoms with Crippen molar-refractivity contribution in [3.8, 4) is 5.75 Å². The van der Waals surface area contributed by atoms with E-state index in [0.717, 1.165) is 5.56 Å². The van der Waals surface area contributed by atoms with Gasteiger partial charge in [-0.1, -0.05) is 0 Å². The molecule has 2 aliphatic rings. The van der Waals surface area contributed by atoms with Gasteiger partial charge < -0.3 is 19.5 Å². The molecule has 1 aliphatic carbocycles. The Kier molecular flexibility index (Phi) is 6.51. The molecule has 1 saturated carbocycles. The Morgan fingerprint density at radius 1 is 1.06 bits per heavy atom. The fourth-order valence-electron chi connectivity index (χ4n) is 4.64. The van der Waals surface area contributed by atoms with Crippen molar-refractivity contribution in [1.29, 1.82) is 0 Å². The zero-order chi connectivity index (χ0) is 21.8. The van der Waals surface area contributed by atoms with Crippen LogP contribution in [0.4, 0.5) is 0 Å². The molecule has 4 atom stereocenters. The highest BCUT2D eigenvalue weighted by Crippen LogP contribution is 2.38. The molecular weight excluding hydrogens is 396 g/mol. The largest absolute Gasteiger partial charge is 0.488 e. The van der Waals surface area contributed by atoms with E-state index >= 15 is 0 Å². The van der Waals surface area contributed by atoms with E-state index in [1.807, 2.05) is 17.0 Å². The molecule has 164 valence electrons. The molecule has 0 spiro atoms. The molecule has 0 bridgehead atoms. The van der Waals surface area contributed by atoms with Gasteiger partial charge in [-0.2, -0.15) is 0 Å². The lowest BCUT2D eigenvalue weighted by Gasteiger charge is -2.35. The molecule has 2 aromatic rings. The number of amides is 1. The van der Waals surface area contributed by atoms with Gasteiger partial charge in [0.2, 0.25) is 5.91 Å². The second kappa shape index (κ2) is 9.47. The maximum Gasteiger partial charge on any atom is 0.337 e. The highest BCUT2D eigenvalue weighted by molar-refractivity contribution is 5.89. The van der Waals surface area contributed by atoms with Gasteiger partial charge in [-0.25, -0.2) is 4.79 Å². The zero-order valence-corrected chi connectivity index (χ0v) is 17.6. The first kappa shape index (κ1) is 21.3. The van der Waals surface area contributed by atoms with E-state index in [9.17, 15) is 14.7 Å². The summed E-state index contributed by atoms with van der Waals surface area (Å²) < 4.78 is 10.7. The maximum atomic E-state index is 12.7. The number of benzene rings is 1. The van der Waals surface area contributed by atoms with Gasteiger partial charge in [0.1, 0.15) is 11.9 Å². The van der Waals surface area contributed by atoms with Crippen LogP contribution in [0.5, 0.6) is 5.75 Å². The SMILES string of the molecule is COC(=O)c1ccc(O[C@H]2C[C@@H]3CN(C(=O)CCc4ccncc4)C[C@@H]3C[C@@H]2O)cc1. The Balaban J connectivity index is 1.31. The van der Waals surface area contributed by atoms with E-state index in [1.165, 1.54) is 7.11 Å². The first-order valence-electron chi connectivity index (χ1n) is 10.7. The van der Waals surface area contributed by atoms with Gasteiger partial charge in [-0.15, -0.1) is 0 Å². The summed E-state index contributed by atoms with van der Waals surface area (Å²) >= 11 is 0. The van der Waals surface area contributed by atoms with Gasteiger partial charge in [0.25, 0.3) is 0 Å². The predicted molar refractivity (Wildman–Crippen MR) is 114 cm³/mol. The predicted octanol–water partition coefficient (Wildman–Crippen LogP) is 2.48. The summed E-state index contributed by atoms with van der Waals surface area (Å²) in [4.78, 5) is 30.2. The Bertz CT molecular complexity index is 902. The van der Waals surface area contributed by atoms with E-state index in [4.69, 9.17) is 9.47 Å². The lowest BCUT2D eigenvalue weighted by Crippen LogP contribution is -2.42. The van der Waals surface area contributed by atoms with Crippen molar-refractivity contribution >= 4 is 11.9 Å². The van der Waals surface area contributed by atoms with Crippen LogP contribution in [0.25, 0.3) is 0 Å². The van der Waals surface area contributed by atoms with E-state index in [1.54, 1.807) is 36.7 Å². The van der Waals surface area contributed by atoms with Crippen molar-refractivity contribution in [2.45, 2.75) is 37.9 Å². The third-order valence-electron chi connectivity index (χ3n) is 6.38. The second-order valence-corrected chi connectivity index (χ2v) is 8.39. The molecule has 1 aromatic heterocycles. The molecule has 1 aliphatic heterocycles. The number of nitrogens with zero attached hydrogens (tertiary/aromatic N) is 2. The van der Waals surface area contributed by atoms with Gasteiger partial charge in [-0.05, 0) is 73.1 Å². The molecular formula is C24H28N2O5. The molecule has 4 rings (SSSR count). The fourth-order valence-corrected chi connectivity index (χ4v) is 4.64. The molecule has 1 saturated heterocycles. The molecule has 0 radical (unpaired) electrons. The minimum absolute atomic E-state index is 0.163. The average Bonchev–Trinajstić information content (AvgIpc) is 3.21. The van der Waals surface area contributed by atoms with Gasteiger partial charge in [0, 0.05) is 31.9 Å². The number of aryl methyl sites for hydroxylation is 1. The van der Waals surface area contributed by atoms with Gasteiger partial charge in [0.15, 0.2) is 0 Å². The summed E-state index contributed by atoms with van der Waals surface area (Å²) in [5.41, 5.74) is 1.57. The lowest BCUT2D eigenvalue weighted by molar-refractivity contribution is -0.130. The number of methoxy groups -OCH3 is 1. The molecule has 1 amide bonds. The van der Waals surface area contributed by atoms with Crippen LogP contribution in [0.1, 0.15) is 35.2 Å². The Morgan fingerprint density at radius 2 is 1.74 bits per heavy atom. The van der Waals surface area contributed by atoms with E-state index in [2.05, 4.69) is 4.98 Å². The minimum Gasteiger partial charge on any atom is -0.488 e. The molecule has 1 aromatic carbocycles. The maximum absolute atomic E-state index is 12.7. The number of rotatable bonds is 6. The summed E-state index contributed by atoms with van der Waals surface area (Å²) in [6.45, 7) is 1.42. The van der Waals surface area contributed by atoms with Crippen LogP contribution in [0.15, 0.2) is 48.8 Å². The highest BCUT2D eigenvalue weighted by atomic mass is 16.5. The van der Waals surface area contributed by atoms with Crippen LogP contribution < -0.4 is 4.74 Å². The van der Waals surface area contributed by atoms with Gasteiger partial charge >= 0.3 is 5.97 Å². The molecule has 0 unspecified atom stereocenters. The van der Waals surface area contributed by atoms with Crippen LogP contribution in [0.2, 0.25) is 0 Å². The number of ether oxygens (including phenoxy) is 2. The smallest absolute Gasteiger partial charge is 0.337 e. The van der Waals surface area contributed by atoms with Crippen molar-refractivity contribution in [1.82, 2.24) is 9.88 Å². The van der Waals surface area contributed by atoms with Crippen LogP contribution in [0.3, 0.4) is 0 Å². The molecule has 2 fully saturated rings.